The number of likely N-dealkylation sites (tertiary alicyclic amines) is 1. The summed E-state index contributed by atoms with van der Waals surface area (Å²) in [6.45, 7) is 8.63. The summed E-state index contributed by atoms with van der Waals surface area (Å²) >= 11 is 3.94. The monoisotopic (exact) mass is 509 g/mol. The summed E-state index contributed by atoms with van der Waals surface area (Å²) in [6, 6.07) is 21.4. The number of hydrogen-bond donors (Lipinski definition) is 0. The molecule has 0 unspecified atom stereocenters. The van der Waals surface area contributed by atoms with E-state index in [2.05, 4.69) is 86.3 Å². The molecule has 0 radical (unpaired) electrons. The Kier molecular flexibility index (Phi) is 7.86. The zero-order valence-corrected chi connectivity index (χ0v) is 22.9. The molecular weight excluding hydrogens is 470 g/mol. The highest BCUT2D eigenvalue weighted by molar-refractivity contribution is 8.21. The molecule has 3 nitrogen and oxygen atoms in total. The molecule has 2 aromatic carbocycles. The molecule has 3 aliphatic rings. The number of carbonyl (C=O) groups excluding carboxylic acids is 1. The SMILES string of the molecule is CC(C)[C@@H]1CC[C@@H](C)C[C@H]1OC(=O)[C@@H]1[C@H](c2ccccc2)CN(Cc2ccccc2)C12SCCS2. The highest BCUT2D eigenvalue weighted by Crippen LogP contribution is 2.60. The fourth-order valence-corrected chi connectivity index (χ4v) is 10.1. The van der Waals surface area contributed by atoms with E-state index in [0.29, 0.717) is 17.8 Å². The topological polar surface area (TPSA) is 29.5 Å². The maximum absolute atomic E-state index is 14.3. The van der Waals surface area contributed by atoms with Gasteiger partial charge in [-0.1, -0.05) is 87.9 Å². The van der Waals surface area contributed by atoms with Gasteiger partial charge in [0.25, 0.3) is 0 Å². The number of thioether (sulfide) groups is 2. The summed E-state index contributed by atoms with van der Waals surface area (Å²) in [7, 11) is 0. The summed E-state index contributed by atoms with van der Waals surface area (Å²) in [6.07, 6.45) is 3.45. The minimum atomic E-state index is -0.263. The number of ether oxygens (including phenoxy) is 1. The van der Waals surface area contributed by atoms with Crippen LogP contribution in [0.2, 0.25) is 0 Å². The molecule has 2 aromatic rings. The highest BCUT2D eigenvalue weighted by Gasteiger charge is 2.60. The van der Waals surface area contributed by atoms with Gasteiger partial charge in [-0.3, -0.25) is 9.69 Å². The number of rotatable bonds is 6. The van der Waals surface area contributed by atoms with E-state index in [0.717, 1.165) is 31.0 Å². The van der Waals surface area contributed by atoms with Crippen LogP contribution in [0.4, 0.5) is 0 Å². The van der Waals surface area contributed by atoms with Gasteiger partial charge < -0.3 is 4.74 Å². The van der Waals surface area contributed by atoms with Gasteiger partial charge in [0.05, 0.1) is 0 Å². The van der Waals surface area contributed by atoms with Gasteiger partial charge in [-0.05, 0) is 41.7 Å². The van der Waals surface area contributed by atoms with E-state index in [4.69, 9.17) is 4.74 Å². The van der Waals surface area contributed by atoms with Gasteiger partial charge in [-0.25, -0.2) is 0 Å². The van der Waals surface area contributed by atoms with Crippen LogP contribution in [0.15, 0.2) is 60.7 Å². The van der Waals surface area contributed by atoms with E-state index < -0.39 is 0 Å². The quantitative estimate of drug-likeness (QED) is 0.390. The van der Waals surface area contributed by atoms with Crippen LogP contribution >= 0.6 is 23.5 Å². The van der Waals surface area contributed by atoms with Crippen LogP contribution in [0, 0.1) is 23.7 Å². The van der Waals surface area contributed by atoms with Crippen molar-refractivity contribution in [3.8, 4) is 0 Å². The number of esters is 1. The van der Waals surface area contributed by atoms with Crippen molar-refractivity contribution in [3.63, 3.8) is 0 Å². The first-order chi connectivity index (χ1) is 17.0. The lowest BCUT2D eigenvalue weighted by Crippen LogP contribution is -2.45. The van der Waals surface area contributed by atoms with Gasteiger partial charge in [-0.2, -0.15) is 0 Å². The van der Waals surface area contributed by atoms with Crippen LogP contribution in [0.25, 0.3) is 0 Å². The van der Waals surface area contributed by atoms with E-state index in [-0.39, 0.29) is 28.1 Å². The maximum atomic E-state index is 14.3. The summed E-state index contributed by atoms with van der Waals surface area (Å²) in [5.74, 6) is 3.78. The first kappa shape index (κ1) is 25.2. The number of hydrogen-bond acceptors (Lipinski definition) is 5. The van der Waals surface area contributed by atoms with E-state index in [1.54, 1.807) is 0 Å². The van der Waals surface area contributed by atoms with Crippen molar-refractivity contribution in [3.05, 3.63) is 71.8 Å². The minimum absolute atomic E-state index is 0.0288. The lowest BCUT2D eigenvalue weighted by atomic mass is 9.75. The van der Waals surface area contributed by atoms with Gasteiger partial charge in [0.2, 0.25) is 0 Å². The molecule has 2 saturated heterocycles. The molecule has 1 saturated carbocycles. The van der Waals surface area contributed by atoms with Gasteiger partial charge in [0.15, 0.2) is 0 Å². The van der Waals surface area contributed by atoms with Crippen LogP contribution in [-0.4, -0.2) is 39.2 Å². The molecular formula is C30H39NO2S2. The largest absolute Gasteiger partial charge is 0.462 e. The number of benzene rings is 2. The Balaban J connectivity index is 1.48. The van der Waals surface area contributed by atoms with E-state index >= 15 is 0 Å². The highest BCUT2D eigenvalue weighted by atomic mass is 32.2. The van der Waals surface area contributed by atoms with Crippen LogP contribution in [0.5, 0.6) is 0 Å². The van der Waals surface area contributed by atoms with Crippen molar-refractivity contribution in [2.24, 2.45) is 23.7 Å². The molecule has 0 N–H and O–H groups in total. The number of nitrogens with zero attached hydrogens (tertiary/aromatic N) is 1. The summed E-state index contributed by atoms with van der Waals surface area (Å²) in [4.78, 5) is 16.8. The molecule has 0 aromatic heterocycles. The molecule has 3 fully saturated rings. The Labute approximate surface area is 219 Å². The minimum Gasteiger partial charge on any atom is -0.462 e. The first-order valence-electron chi connectivity index (χ1n) is 13.3. The molecule has 1 spiro atoms. The van der Waals surface area contributed by atoms with Gasteiger partial charge in [0, 0.05) is 30.5 Å². The molecule has 0 amide bonds. The zero-order valence-electron chi connectivity index (χ0n) is 21.3. The Hall–Kier alpha value is -1.43. The third-order valence-electron chi connectivity index (χ3n) is 8.28. The molecule has 2 aliphatic heterocycles. The average molecular weight is 510 g/mol. The zero-order chi connectivity index (χ0) is 24.4. The van der Waals surface area contributed by atoms with E-state index in [9.17, 15) is 4.79 Å². The van der Waals surface area contributed by atoms with Crippen LogP contribution < -0.4 is 0 Å². The molecule has 188 valence electrons. The fraction of sp³-hybridized carbons (Fsp3) is 0.567. The predicted octanol–water partition coefficient (Wildman–Crippen LogP) is 7.04. The predicted molar refractivity (Wildman–Crippen MR) is 148 cm³/mol. The van der Waals surface area contributed by atoms with E-state index in [1.165, 1.54) is 24.0 Å². The molecule has 35 heavy (non-hydrogen) atoms. The normalized spacial score (nSPS) is 30.7. The Morgan fingerprint density at radius 3 is 2.34 bits per heavy atom. The van der Waals surface area contributed by atoms with Gasteiger partial charge in [0.1, 0.15) is 16.2 Å². The second kappa shape index (κ2) is 10.9. The summed E-state index contributed by atoms with van der Waals surface area (Å²) in [5.41, 5.74) is 2.57. The molecule has 5 rings (SSSR count). The Morgan fingerprint density at radius 1 is 1.03 bits per heavy atom. The molecule has 5 heteroatoms. The number of carbonyl (C=O) groups is 1. The van der Waals surface area contributed by atoms with Crippen LogP contribution in [0.3, 0.4) is 0 Å². The van der Waals surface area contributed by atoms with Crippen molar-refractivity contribution in [2.45, 2.75) is 62.8 Å². The standard InChI is InChI=1S/C30H39NO2S2/c1-21(2)25-15-14-22(3)18-27(25)33-29(32)28-26(24-12-8-5-9-13-24)20-31(30(28)34-16-17-35-30)19-23-10-6-4-7-11-23/h4-13,21-22,25-28H,14-20H2,1-3H3/t22-,25+,26+,27-,28+/m1/s1. The van der Waals surface area contributed by atoms with Crippen molar-refractivity contribution < 1.29 is 9.53 Å². The van der Waals surface area contributed by atoms with Gasteiger partial charge in [-0.15, -0.1) is 23.5 Å². The summed E-state index contributed by atoms with van der Waals surface area (Å²) in [5, 5.41) is 0. The third-order valence-corrected chi connectivity index (χ3v) is 11.9. The molecule has 5 atom stereocenters. The third kappa shape index (κ3) is 5.19. The van der Waals surface area contributed by atoms with Crippen molar-refractivity contribution in [1.29, 1.82) is 0 Å². The fourth-order valence-electron chi connectivity index (χ4n) is 6.46. The van der Waals surface area contributed by atoms with Crippen molar-refractivity contribution >= 4 is 29.5 Å². The van der Waals surface area contributed by atoms with E-state index in [1.807, 2.05) is 23.5 Å². The smallest absolute Gasteiger partial charge is 0.313 e. The lowest BCUT2D eigenvalue weighted by Gasteiger charge is -2.40. The summed E-state index contributed by atoms with van der Waals surface area (Å²) < 4.78 is 6.30. The lowest BCUT2D eigenvalue weighted by molar-refractivity contribution is -0.161. The molecule has 2 heterocycles. The Bertz CT molecular complexity index is 976. The van der Waals surface area contributed by atoms with Crippen molar-refractivity contribution in [1.82, 2.24) is 4.90 Å². The van der Waals surface area contributed by atoms with Gasteiger partial charge >= 0.3 is 5.97 Å². The van der Waals surface area contributed by atoms with Crippen LogP contribution in [-0.2, 0) is 16.1 Å². The first-order valence-corrected chi connectivity index (χ1v) is 15.3. The molecule has 0 bridgehead atoms. The maximum Gasteiger partial charge on any atom is 0.313 e. The van der Waals surface area contributed by atoms with Crippen LogP contribution in [0.1, 0.15) is 57.1 Å². The second-order valence-electron chi connectivity index (χ2n) is 11.0. The van der Waals surface area contributed by atoms with Crippen molar-refractivity contribution in [2.75, 3.05) is 18.1 Å². The Morgan fingerprint density at radius 2 is 1.69 bits per heavy atom. The average Bonchev–Trinajstić information content (AvgIpc) is 3.46. The second-order valence-corrected chi connectivity index (χ2v) is 13.9. The molecule has 1 aliphatic carbocycles.